The third-order valence-corrected chi connectivity index (χ3v) is 4.12. The Bertz CT molecular complexity index is 302. The summed E-state index contributed by atoms with van der Waals surface area (Å²) < 4.78 is 1.20. The number of rotatable bonds is 10. The molecule has 0 fully saturated rings. The van der Waals surface area contributed by atoms with Crippen molar-refractivity contribution in [2.24, 2.45) is 0 Å². The van der Waals surface area contributed by atoms with Gasteiger partial charge in [0.05, 0.1) is 19.6 Å². The van der Waals surface area contributed by atoms with Crippen LogP contribution in [0.1, 0.15) is 59.3 Å². The van der Waals surface area contributed by atoms with E-state index in [0.29, 0.717) is 0 Å². The summed E-state index contributed by atoms with van der Waals surface area (Å²) >= 11 is 0. The van der Waals surface area contributed by atoms with Gasteiger partial charge in [-0.1, -0.05) is 58.2 Å². The highest BCUT2D eigenvalue weighted by atomic mass is 16.0. The summed E-state index contributed by atoms with van der Waals surface area (Å²) in [5.41, 5.74) is 1.53. The Kier molecular flexibility index (Phi) is 10.4. The predicted molar refractivity (Wildman–Crippen MR) is 89.5 cm³/mol. The van der Waals surface area contributed by atoms with Crippen molar-refractivity contribution in [2.75, 3.05) is 19.6 Å². The van der Waals surface area contributed by atoms with Crippen LogP contribution in [-0.4, -0.2) is 25.1 Å². The molecule has 0 heterocycles. The van der Waals surface area contributed by atoms with Crippen LogP contribution in [0.25, 0.3) is 0 Å². The van der Waals surface area contributed by atoms with Crippen molar-refractivity contribution < 1.29 is 5.48 Å². The first-order valence-corrected chi connectivity index (χ1v) is 8.20. The molecule has 1 aromatic carbocycles. The molecule has 116 valence electrons. The zero-order valence-electron chi connectivity index (χ0n) is 13.6. The van der Waals surface area contributed by atoms with Gasteiger partial charge in [-0.25, -0.2) is 0 Å². The van der Waals surface area contributed by atoms with Gasteiger partial charge in [0.2, 0.25) is 0 Å². The summed E-state index contributed by atoms with van der Waals surface area (Å²) in [4.78, 5) is 0. The molecule has 1 rings (SSSR count). The Morgan fingerprint density at radius 2 is 1.10 bits per heavy atom. The normalized spacial score (nSPS) is 11.2. The van der Waals surface area contributed by atoms with E-state index in [4.69, 9.17) is 0 Å². The molecule has 2 heteroatoms. The number of quaternary nitrogens is 1. The van der Waals surface area contributed by atoms with Gasteiger partial charge in [0, 0.05) is 0 Å². The molecule has 0 radical (unpaired) electrons. The molecular weight excluding hydrogens is 246 g/mol. The predicted octanol–water partition coefficient (Wildman–Crippen LogP) is 5.22. The minimum atomic E-state index is 0. The molecular formula is C18H33NO. The maximum absolute atomic E-state index is 2.33. The average Bonchev–Trinajstić information content (AvgIpc) is 2.48. The highest BCUT2D eigenvalue weighted by Crippen LogP contribution is 2.26. The summed E-state index contributed by atoms with van der Waals surface area (Å²) in [5.74, 6) is 0. The second kappa shape index (κ2) is 10.9. The summed E-state index contributed by atoms with van der Waals surface area (Å²) in [5, 5.41) is 0. The zero-order valence-corrected chi connectivity index (χ0v) is 13.6. The van der Waals surface area contributed by atoms with Crippen LogP contribution in [0.15, 0.2) is 30.3 Å². The highest BCUT2D eigenvalue weighted by Gasteiger charge is 2.28. The summed E-state index contributed by atoms with van der Waals surface area (Å²) in [7, 11) is 0. The molecule has 0 aliphatic rings. The van der Waals surface area contributed by atoms with Crippen LogP contribution in [0.5, 0.6) is 0 Å². The average molecular weight is 279 g/mol. The first-order chi connectivity index (χ1) is 9.29. The number of hydrogen-bond acceptors (Lipinski definition) is 1. The van der Waals surface area contributed by atoms with Crippen LogP contribution in [-0.2, 0) is 0 Å². The van der Waals surface area contributed by atoms with Gasteiger partial charge in [0.25, 0.3) is 0 Å². The Labute approximate surface area is 125 Å². The largest absolute Gasteiger partial charge is 0.870 e. The van der Waals surface area contributed by atoms with Gasteiger partial charge in [-0.05, 0) is 31.4 Å². The van der Waals surface area contributed by atoms with Crippen LogP contribution >= 0.6 is 0 Å². The Hall–Kier alpha value is -0.860. The highest BCUT2D eigenvalue weighted by molar-refractivity contribution is 5.42. The summed E-state index contributed by atoms with van der Waals surface area (Å²) in [6.07, 6.45) is 7.90. The molecule has 0 unspecified atom stereocenters. The number of unbranched alkanes of at least 4 members (excludes halogenated alkanes) is 3. The maximum Gasteiger partial charge on any atom is 0.132 e. The standard InChI is InChI=1S/C18H32N.H2O/c1-4-7-15-19(16-8-5-2,17-9-6-3)18-13-11-10-12-14-18;/h10-14H,4-9,15-17H2,1-3H3;1H2/q+1;/p-1. The van der Waals surface area contributed by atoms with E-state index in [9.17, 15) is 0 Å². The molecule has 0 amide bonds. The van der Waals surface area contributed by atoms with Gasteiger partial charge in [-0.3, -0.25) is 4.48 Å². The van der Waals surface area contributed by atoms with E-state index in [1.54, 1.807) is 0 Å². The molecule has 0 saturated carbocycles. The lowest BCUT2D eigenvalue weighted by atomic mass is 10.1. The summed E-state index contributed by atoms with van der Waals surface area (Å²) in [6, 6.07) is 11.2. The van der Waals surface area contributed by atoms with Crippen molar-refractivity contribution >= 4 is 5.69 Å². The van der Waals surface area contributed by atoms with E-state index in [-0.39, 0.29) is 5.48 Å². The van der Waals surface area contributed by atoms with E-state index in [2.05, 4.69) is 51.1 Å². The zero-order chi connectivity index (χ0) is 14.0. The second-order valence-corrected chi connectivity index (χ2v) is 5.71. The molecule has 0 aliphatic heterocycles. The number of nitrogens with zero attached hydrogens (tertiary/aromatic N) is 1. The van der Waals surface area contributed by atoms with Crippen LogP contribution in [0.2, 0.25) is 0 Å². The van der Waals surface area contributed by atoms with Gasteiger partial charge >= 0.3 is 0 Å². The van der Waals surface area contributed by atoms with Crippen molar-refractivity contribution in [2.45, 2.75) is 59.3 Å². The topological polar surface area (TPSA) is 30.0 Å². The van der Waals surface area contributed by atoms with Crippen LogP contribution in [0.4, 0.5) is 5.69 Å². The first kappa shape index (κ1) is 19.1. The van der Waals surface area contributed by atoms with Crippen LogP contribution in [0.3, 0.4) is 0 Å². The lowest BCUT2D eigenvalue weighted by Gasteiger charge is -2.38. The minimum absolute atomic E-state index is 0. The quantitative estimate of drug-likeness (QED) is 0.540. The van der Waals surface area contributed by atoms with E-state index in [1.807, 2.05) is 0 Å². The smallest absolute Gasteiger partial charge is 0.132 e. The lowest BCUT2D eigenvalue weighted by Crippen LogP contribution is -2.51. The minimum Gasteiger partial charge on any atom is -0.870 e. The van der Waals surface area contributed by atoms with Crippen molar-refractivity contribution in [1.29, 1.82) is 0 Å². The van der Waals surface area contributed by atoms with E-state index < -0.39 is 0 Å². The van der Waals surface area contributed by atoms with E-state index >= 15 is 0 Å². The second-order valence-electron chi connectivity index (χ2n) is 5.71. The van der Waals surface area contributed by atoms with E-state index in [0.717, 1.165) is 0 Å². The number of para-hydroxylation sites is 1. The third kappa shape index (κ3) is 5.64. The van der Waals surface area contributed by atoms with Crippen molar-refractivity contribution in [1.82, 2.24) is 4.48 Å². The van der Waals surface area contributed by atoms with Crippen LogP contribution < -0.4 is 4.48 Å². The molecule has 1 N–H and O–H groups in total. The SMILES string of the molecule is CCCC[N+](CCCC)(CCCC)c1ccccc1.[OH-]. The number of benzene rings is 1. The fraction of sp³-hybridized carbons (Fsp3) is 0.667. The first-order valence-electron chi connectivity index (χ1n) is 8.20. The van der Waals surface area contributed by atoms with Gasteiger partial charge in [-0.2, -0.15) is 0 Å². The van der Waals surface area contributed by atoms with Gasteiger partial charge in [-0.15, -0.1) is 0 Å². The van der Waals surface area contributed by atoms with Gasteiger partial charge < -0.3 is 5.48 Å². The molecule has 0 aromatic heterocycles. The molecule has 0 bridgehead atoms. The molecule has 0 atom stereocenters. The molecule has 20 heavy (non-hydrogen) atoms. The molecule has 2 nitrogen and oxygen atoms in total. The van der Waals surface area contributed by atoms with Crippen molar-refractivity contribution in [3.05, 3.63) is 30.3 Å². The lowest BCUT2D eigenvalue weighted by molar-refractivity contribution is 0.259. The van der Waals surface area contributed by atoms with Crippen LogP contribution in [0, 0.1) is 0 Å². The Morgan fingerprint density at radius 3 is 1.45 bits per heavy atom. The monoisotopic (exact) mass is 279 g/mol. The van der Waals surface area contributed by atoms with Gasteiger partial charge in [0.1, 0.15) is 5.69 Å². The Balaban J connectivity index is 0.00000361. The summed E-state index contributed by atoms with van der Waals surface area (Å²) in [6.45, 7) is 10.8. The Morgan fingerprint density at radius 1 is 0.700 bits per heavy atom. The van der Waals surface area contributed by atoms with Crippen molar-refractivity contribution in [3.8, 4) is 0 Å². The third-order valence-electron chi connectivity index (χ3n) is 4.12. The van der Waals surface area contributed by atoms with E-state index in [1.165, 1.54) is 68.3 Å². The molecule has 0 aliphatic carbocycles. The molecule has 0 spiro atoms. The van der Waals surface area contributed by atoms with Crippen molar-refractivity contribution in [3.63, 3.8) is 0 Å². The maximum atomic E-state index is 2.33. The number of hydrogen-bond donors (Lipinski definition) is 0. The fourth-order valence-corrected chi connectivity index (χ4v) is 2.85. The molecule has 1 aromatic rings. The fourth-order valence-electron chi connectivity index (χ4n) is 2.85. The van der Waals surface area contributed by atoms with Gasteiger partial charge in [0.15, 0.2) is 0 Å². The molecule has 0 saturated heterocycles.